The van der Waals surface area contributed by atoms with E-state index < -0.39 is 0 Å². The van der Waals surface area contributed by atoms with Gasteiger partial charge in [0.15, 0.2) is 4.67 Å². The molecule has 0 amide bonds. The molecule has 1 aromatic heterocycles. The first-order valence-corrected chi connectivity index (χ1v) is 6.64. The highest BCUT2D eigenvalue weighted by atomic mass is 79.9. The van der Waals surface area contributed by atoms with Crippen molar-refractivity contribution in [3.63, 3.8) is 0 Å². The summed E-state index contributed by atoms with van der Waals surface area (Å²) in [5, 5.41) is 0. The van der Waals surface area contributed by atoms with E-state index in [4.69, 9.17) is 10.2 Å². The average Bonchev–Trinajstić information content (AvgIpc) is 2.65. The van der Waals surface area contributed by atoms with E-state index in [-0.39, 0.29) is 6.04 Å². The monoisotopic (exact) mass is 303 g/mol. The van der Waals surface area contributed by atoms with Crippen LogP contribution in [0.2, 0.25) is 0 Å². The largest absolute Gasteiger partial charge is 0.453 e. The van der Waals surface area contributed by atoms with E-state index in [1.807, 2.05) is 12.1 Å². The van der Waals surface area contributed by atoms with E-state index >= 15 is 0 Å². The van der Waals surface area contributed by atoms with Crippen LogP contribution >= 0.6 is 15.9 Å². The van der Waals surface area contributed by atoms with Crippen molar-refractivity contribution >= 4 is 15.9 Å². The first-order chi connectivity index (χ1) is 8.04. The molecule has 1 aromatic rings. The van der Waals surface area contributed by atoms with Crippen LogP contribution < -0.4 is 5.73 Å². The van der Waals surface area contributed by atoms with Gasteiger partial charge in [0.2, 0.25) is 0 Å². The van der Waals surface area contributed by atoms with Crippen LogP contribution in [0, 0.1) is 0 Å². The maximum absolute atomic E-state index is 5.82. The van der Waals surface area contributed by atoms with Crippen LogP contribution in [0.25, 0.3) is 0 Å². The number of hydrogen-bond donors (Lipinski definition) is 1. The Morgan fingerprint density at radius 3 is 2.47 bits per heavy atom. The number of likely N-dealkylation sites (N-methyl/N-ethyl adjacent to an activating group) is 1. The highest BCUT2D eigenvalue weighted by Gasteiger charge is 2.18. The molecule has 1 heterocycles. The fourth-order valence-electron chi connectivity index (χ4n) is 1.81. The third-order valence-corrected chi connectivity index (χ3v) is 3.22. The van der Waals surface area contributed by atoms with Crippen molar-refractivity contribution in [2.75, 3.05) is 40.8 Å². The number of nitrogens with zero attached hydrogens (tertiary/aromatic N) is 2. The molecule has 0 bridgehead atoms. The van der Waals surface area contributed by atoms with E-state index in [1.165, 1.54) is 0 Å². The first-order valence-electron chi connectivity index (χ1n) is 5.85. The third kappa shape index (κ3) is 4.79. The van der Waals surface area contributed by atoms with Crippen LogP contribution in [0.3, 0.4) is 0 Å². The molecule has 0 saturated heterocycles. The van der Waals surface area contributed by atoms with E-state index in [0.29, 0.717) is 6.54 Å². The number of furan rings is 1. The molecule has 98 valence electrons. The molecule has 1 atom stereocenters. The minimum absolute atomic E-state index is 0.156. The molecule has 17 heavy (non-hydrogen) atoms. The van der Waals surface area contributed by atoms with E-state index in [9.17, 15) is 0 Å². The molecule has 4 nitrogen and oxygen atoms in total. The predicted octanol–water partition coefficient (Wildman–Crippen LogP) is 1.93. The van der Waals surface area contributed by atoms with Crippen molar-refractivity contribution in [2.45, 2.75) is 12.5 Å². The SMILES string of the molecule is CN(C)CCCN(C)C(CN)c1ccc(Br)o1. The van der Waals surface area contributed by atoms with Crippen LogP contribution in [0.4, 0.5) is 0 Å². The Morgan fingerprint density at radius 2 is 2.00 bits per heavy atom. The molecular weight excluding hydrogens is 282 g/mol. The van der Waals surface area contributed by atoms with Crippen molar-refractivity contribution in [3.8, 4) is 0 Å². The van der Waals surface area contributed by atoms with Crippen LogP contribution in [0.1, 0.15) is 18.2 Å². The van der Waals surface area contributed by atoms with Gasteiger partial charge in [-0.3, -0.25) is 4.90 Å². The fraction of sp³-hybridized carbons (Fsp3) is 0.667. The molecule has 0 spiro atoms. The molecule has 2 N–H and O–H groups in total. The highest BCUT2D eigenvalue weighted by molar-refractivity contribution is 9.10. The van der Waals surface area contributed by atoms with Crippen LogP contribution in [-0.2, 0) is 0 Å². The van der Waals surface area contributed by atoms with Gasteiger partial charge < -0.3 is 15.1 Å². The van der Waals surface area contributed by atoms with Gasteiger partial charge in [0, 0.05) is 6.54 Å². The summed E-state index contributed by atoms with van der Waals surface area (Å²) in [6.45, 7) is 2.67. The van der Waals surface area contributed by atoms with Gasteiger partial charge in [0.25, 0.3) is 0 Å². The Labute approximate surface area is 112 Å². The minimum atomic E-state index is 0.156. The fourth-order valence-corrected chi connectivity index (χ4v) is 2.13. The molecule has 1 unspecified atom stereocenters. The van der Waals surface area contributed by atoms with Crippen molar-refractivity contribution in [1.29, 1.82) is 0 Å². The van der Waals surface area contributed by atoms with Gasteiger partial charge in [-0.15, -0.1) is 0 Å². The quantitative estimate of drug-likeness (QED) is 0.836. The smallest absolute Gasteiger partial charge is 0.169 e. The first kappa shape index (κ1) is 14.7. The lowest BCUT2D eigenvalue weighted by atomic mass is 10.2. The zero-order chi connectivity index (χ0) is 12.8. The molecular formula is C12H22BrN3O. The average molecular weight is 304 g/mol. The van der Waals surface area contributed by atoms with Crippen molar-refractivity contribution < 1.29 is 4.42 Å². The zero-order valence-electron chi connectivity index (χ0n) is 10.8. The second kappa shape index (κ2) is 7.16. The number of halogens is 1. The van der Waals surface area contributed by atoms with Crippen LogP contribution in [0.5, 0.6) is 0 Å². The Morgan fingerprint density at radius 1 is 1.29 bits per heavy atom. The van der Waals surface area contributed by atoms with Gasteiger partial charge in [0.1, 0.15) is 5.76 Å². The lowest BCUT2D eigenvalue weighted by Gasteiger charge is -2.25. The highest BCUT2D eigenvalue weighted by Crippen LogP contribution is 2.23. The van der Waals surface area contributed by atoms with Gasteiger partial charge in [-0.25, -0.2) is 0 Å². The second-order valence-electron chi connectivity index (χ2n) is 4.53. The summed E-state index contributed by atoms with van der Waals surface area (Å²) < 4.78 is 6.33. The standard InChI is InChI=1S/C12H22BrN3O/c1-15(2)7-4-8-16(3)10(9-14)11-5-6-12(13)17-11/h5-6,10H,4,7-9,14H2,1-3H3. The Bertz CT molecular complexity index is 327. The summed E-state index contributed by atoms with van der Waals surface area (Å²) in [6, 6.07) is 4.04. The van der Waals surface area contributed by atoms with Gasteiger partial charge >= 0.3 is 0 Å². The van der Waals surface area contributed by atoms with Crippen molar-refractivity contribution in [1.82, 2.24) is 9.80 Å². The minimum Gasteiger partial charge on any atom is -0.453 e. The van der Waals surface area contributed by atoms with E-state index in [0.717, 1.165) is 29.9 Å². The van der Waals surface area contributed by atoms with Gasteiger partial charge in [-0.05, 0) is 68.7 Å². The van der Waals surface area contributed by atoms with Crippen LogP contribution in [0.15, 0.2) is 21.2 Å². The Kier molecular flexibility index (Phi) is 6.19. The third-order valence-electron chi connectivity index (χ3n) is 2.79. The number of hydrogen-bond acceptors (Lipinski definition) is 4. The second-order valence-corrected chi connectivity index (χ2v) is 5.31. The molecule has 0 aliphatic rings. The molecule has 0 radical (unpaired) electrons. The summed E-state index contributed by atoms with van der Waals surface area (Å²) in [6.07, 6.45) is 1.13. The number of rotatable bonds is 7. The summed E-state index contributed by atoms with van der Waals surface area (Å²) in [4.78, 5) is 4.43. The normalized spacial score (nSPS) is 13.6. The lowest BCUT2D eigenvalue weighted by Crippen LogP contribution is -2.32. The van der Waals surface area contributed by atoms with Gasteiger partial charge in [0.05, 0.1) is 6.04 Å². The summed E-state index contributed by atoms with van der Waals surface area (Å²) >= 11 is 3.32. The molecule has 5 heteroatoms. The Hall–Kier alpha value is -0.360. The summed E-state index contributed by atoms with van der Waals surface area (Å²) in [7, 11) is 6.26. The van der Waals surface area contributed by atoms with Crippen molar-refractivity contribution in [3.05, 3.63) is 22.6 Å². The van der Waals surface area contributed by atoms with Gasteiger partial charge in [-0.2, -0.15) is 0 Å². The molecule has 0 fully saturated rings. The maximum Gasteiger partial charge on any atom is 0.169 e. The van der Waals surface area contributed by atoms with E-state index in [1.54, 1.807) is 0 Å². The molecule has 0 aliphatic heterocycles. The zero-order valence-corrected chi connectivity index (χ0v) is 12.4. The molecule has 0 aliphatic carbocycles. The van der Waals surface area contributed by atoms with Crippen molar-refractivity contribution in [2.24, 2.45) is 5.73 Å². The summed E-state index contributed by atoms with van der Waals surface area (Å²) in [5.41, 5.74) is 5.82. The molecule has 0 saturated carbocycles. The predicted molar refractivity (Wildman–Crippen MR) is 74.0 cm³/mol. The Balaban J connectivity index is 2.49. The maximum atomic E-state index is 5.82. The van der Waals surface area contributed by atoms with Crippen LogP contribution in [-0.4, -0.2) is 50.6 Å². The summed E-state index contributed by atoms with van der Waals surface area (Å²) in [5.74, 6) is 0.923. The van der Waals surface area contributed by atoms with Gasteiger partial charge in [-0.1, -0.05) is 0 Å². The number of nitrogens with two attached hydrogens (primary N) is 1. The van der Waals surface area contributed by atoms with E-state index in [2.05, 4.69) is 46.9 Å². The molecule has 0 aromatic carbocycles. The molecule has 1 rings (SSSR count). The lowest BCUT2D eigenvalue weighted by molar-refractivity contribution is 0.208. The topological polar surface area (TPSA) is 45.6 Å².